The molecule has 0 saturated heterocycles. The van der Waals surface area contributed by atoms with E-state index in [1.165, 1.54) is 0 Å². The van der Waals surface area contributed by atoms with Crippen molar-refractivity contribution in [3.05, 3.63) is 0 Å². The molecule has 1 nitrogen and oxygen atoms in total. The molecule has 0 heterocycles. The van der Waals surface area contributed by atoms with Gasteiger partial charge in [0.2, 0.25) is 0 Å². The number of rotatable bonds is 3. The summed E-state index contributed by atoms with van der Waals surface area (Å²) in [7, 11) is 0. The van der Waals surface area contributed by atoms with E-state index in [9.17, 15) is 5.11 Å². The van der Waals surface area contributed by atoms with Gasteiger partial charge in [0.15, 0.2) is 0 Å². The zero-order chi connectivity index (χ0) is 6.57. The Morgan fingerprint density at radius 3 is 2.12 bits per heavy atom. The van der Waals surface area contributed by atoms with Crippen molar-refractivity contribution < 1.29 is 5.11 Å². The maximum absolute atomic E-state index is 9.19. The Balaban J connectivity index is 3.17. The molecular formula is C6H15AsO. The van der Waals surface area contributed by atoms with E-state index < -0.39 is 14.7 Å². The van der Waals surface area contributed by atoms with Crippen LogP contribution < -0.4 is 0 Å². The van der Waals surface area contributed by atoms with Crippen molar-refractivity contribution in [2.45, 2.75) is 36.1 Å². The number of hydrogen-bond acceptors (Lipinski definition) is 1. The van der Waals surface area contributed by atoms with Crippen LogP contribution in [0.3, 0.4) is 0 Å². The summed E-state index contributed by atoms with van der Waals surface area (Å²) in [5, 5.41) is 9.19. The molecule has 50 valence electrons. The van der Waals surface area contributed by atoms with E-state index in [1.54, 1.807) is 0 Å². The van der Waals surface area contributed by atoms with Crippen molar-refractivity contribution in [1.82, 2.24) is 0 Å². The summed E-state index contributed by atoms with van der Waals surface area (Å²) in [5.74, 6) is 0. The van der Waals surface area contributed by atoms with Crippen molar-refractivity contribution in [1.29, 1.82) is 0 Å². The molecule has 0 amide bonds. The second kappa shape index (κ2) is 4.40. The number of aliphatic hydroxyl groups excluding tert-OH is 1. The molecule has 8 heavy (non-hydrogen) atoms. The Labute approximate surface area is 56.4 Å². The predicted molar refractivity (Wildman–Crippen MR) is 38.4 cm³/mol. The van der Waals surface area contributed by atoms with Gasteiger partial charge in [-0.15, -0.1) is 0 Å². The minimum atomic E-state index is -0.784. The first-order chi connectivity index (χ1) is 3.68. The van der Waals surface area contributed by atoms with Gasteiger partial charge in [-0.3, -0.25) is 0 Å². The Bertz CT molecular complexity index is 54.5. The molecule has 2 heteroatoms. The Morgan fingerprint density at radius 2 is 2.00 bits per heavy atom. The summed E-state index contributed by atoms with van der Waals surface area (Å²) < 4.78 is 0. The molecule has 0 aromatic heterocycles. The molecule has 0 aromatic rings. The topological polar surface area (TPSA) is 20.2 Å². The van der Waals surface area contributed by atoms with Gasteiger partial charge in [0.25, 0.3) is 0 Å². The summed E-state index contributed by atoms with van der Waals surface area (Å²) >= 11 is -0.784. The Hall–Kier alpha value is 0.518. The van der Waals surface area contributed by atoms with Crippen LogP contribution in [0.15, 0.2) is 0 Å². The Morgan fingerprint density at radius 1 is 1.50 bits per heavy atom. The van der Waals surface area contributed by atoms with Crippen molar-refractivity contribution in [3.63, 3.8) is 0 Å². The summed E-state index contributed by atoms with van der Waals surface area (Å²) in [6, 6.07) is 0. The number of hydrogen-bond donors (Lipinski definition) is 1. The van der Waals surface area contributed by atoms with E-state index in [0.29, 0.717) is 0 Å². The average molecular weight is 178 g/mol. The van der Waals surface area contributed by atoms with E-state index in [2.05, 4.69) is 18.3 Å². The molecule has 0 aliphatic carbocycles. The van der Waals surface area contributed by atoms with Crippen LogP contribution in [0.5, 0.6) is 0 Å². The van der Waals surface area contributed by atoms with Gasteiger partial charge >= 0.3 is 55.8 Å². The maximum atomic E-state index is 9.19. The van der Waals surface area contributed by atoms with Crippen molar-refractivity contribution in [3.8, 4) is 0 Å². The Kier molecular flexibility index (Phi) is 4.69. The summed E-state index contributed by atoms with van der Waals surface area (Å²) in [6.45, 7) is 2.11. The molecule has 1 N–H and O–H groups in total. The van der Waals surface area contributed by atoms with E-state index in [1.807, 2.05) is 0 Å². The molecule has 1 unspecified atom stereocenters. The number of aliphatic hydroxyl groups is 1. The van der Waals surface area contributed by atoms with E-state index in [-0.39, 0.29) is 4.89 Å². The van der Waals surface area contributed by atoms with Gasteiger partial charge in [-0.2, -0.15) is 0 Å². The summed E-state index contributed by atoms with van der Waals surface area (Å²) in [4.78, 5) is 0.0625. The average Bonchev–Trinajstić information content (AvgIpc) is 1.67. The quantitative estimate of drug-likeness (QED) is 0.648. The zero-order valence-electron chi connectivity index (χ0n) is 5.89. The van der Waals surface area contributed by atoms with Gasteiger partial charge in [0.1, 0.15) is 0 Å². The second-order valence-electron chi connectivity index (χ2n) is 2.23. The molecular weight excluding hydrogens is 163 g/mol. The van der Waals surface area contributed by atoms with Crippen molar-refractivity contribution in [2.24, 2.45) is 0 Å². The second-order valence-corrected chi connectivity index (χ2v) is 7.53. The molecule has 0 aliphatic heterocycles. The van der Waals surface area contributed by atoms with E-state index >= 15 is 0 Å². The van der Waals surface area contributed by atoms with Crippen molar-refractivity contribution >= 4 is 14.7 Å². The molecule has 0 spiro atoms. The molecule has 0 aromatic carbocycles. The first-order valence-electron chi connectivity index (χ1n) is 3.03. The van der Waals surface area contributed by atoms with E-state index in [0.717, 1.165) is 12.8 Å². The van der Waals surface area contributed by atoms with Crippen LogP contribution >= 0.6 is 0 Å². The van der Waals surface area contributed by atoms with Gasteiger partial charge in [-0.25, -0.2) is 0 Å². The molecule has 0 radical (unpaired) electrons. The SMILES string of the molecule is CCCC(O)[As](C)C. The zero-order valence-corrected chi connectivity index (χ0v) is 7.76. The van der Waals surface area contributed by atoms with Gasteiger partial charge in [-0.1, -0.05) is 0 Å². The van der Waals surface area contributed by atoms with Gasteiger partial charge in [-0.05, 0) is 0 Å². The molecule has 1 atom stereocenters. The fourth-order valence-corrected chi connectivity index (χ4v) is 2.14. The molecule has 0 aliphatic rings. The van der Waals surface area contributed by atoms with Crippen LogP contribution in [-0.4, -0.2) is 24.6 Å². The van der Waals surface area contributed by atoms with E-state index in [4.69, 9.17) is 0 Å². The standard InChI is InChI=1S/C6H15AsO/c1-4-5-6(8)7(2)3/h6,8H,4-5H2,1-3H3. The molecule has 0 rings (SSSR count). The minimum absolute atomic E-state index is 0.0625. The first kappa shape index (κ1) is 8.52. The van der Waals surface area contributed by atoms with Crippen LogP contribution in [0.25, 0.3) is 0 Å². The first-order valence-corrected chi connectivity index (χ1v) is 7.86. The van der Waals surface area contributed by atoms with Crippen LogP contribution in [0, 0.1) is 0 Å². The van der Waals surface area contributed by atoms with Crippen molar-refractivity contribution in [2.75, 3.05) is 0 Å². The predicted octanol–water partition coefficient (Wildman–Crippen LogP) is 1.44. The van der Waals surface area contributed by atoms with Crippen LogP contribution in [0.1, 0.15) is 19.8 Å². The van der Waals surface area contributed by atoms with Gasteiger partial charge in [0.05, 0.1) is 0 Å². The fourth-order valence-electron chi connectivity index (χ4n) is 0.516. The third-order valence-corrected chi connectivity index (χ3v) is 4.19. The van der Waals surface area contributed by atoms with Crippen LogP contribution in [0.2, 0.25) is 11.4 Å². The molecule has 0 fully saturated rings. The van der Waals surface area contributed by atoms with Gasteiger partial charge in [0, 0.05) is 0 Å². The van der Waals surface area contributed by atoms with Crippen LogP contribution in [0.4, 0.5) is 0 Å². The van der Waals surface area contributed by atoms with Crippen LogP contribution in [-0.2, 0) is 0 Å². The molecule has 0 bridgehead atoms. The summed E-state index contributed by atoms with van der Waals surface area (Å²) in [5.41, 5.74) is 4.38. The third-order valence-electron chi connectivity index (χ3n) is 1.14. The molecule has 0 saturated carbocycles. The normalized spacial score (nSPS) is 14.6. The summed E-state index contributed by atoms with van der Waals surface area (Å²) in [6.07, 6.45) is 2.13. The fraction of sp³-hybridized carbons (Fsp3) is 1.00. The van der Waals surface area contributed by atoms with Gasteiger partial charge < -0.3 is 0 Å². The third kappa shape index (κ3) is 3.51. The monoisotopic (exact) mass is 178 g/mol.